The van der Waals surface area contributed by atoms with Crippen molar-refractivity contribution in [1.82, 2.24) is 4.31 Å². The summed E-state index contributed by atoms with van der Waals surface area (Å²) in [7, 11) is -3.61. The number of hydrogen-bond acceptors (Lipinski definition) is 4. The number of amides is 1. The summed E-state index contributed by atoms with van der Waals surface area (Å²) < 4.78 is 28.1. The fourth-order valence-electron chi connectivity index (χ4n) is 4.08. The molecule has 2 aliphatic heterocycles. The molecule has 0 spiro atoms. The van der Waals surface area contributed by atoms with Gasteiger partial charge in [-0.3, -0.25) is 4.79 Å². The van der Waals surface area contributed by atoms with Crippen LogP contribution in [0.3, 0.4) is 0 Å². The van der Waals surface area contributed by atoms with E-state index in [0.717, 1.165) is 23.9 Å². The summed E-state index contributed by atoms with van der Waals surface area (Å²) in [6.45, 7) is 4.06. The van der Waals surface area contributed by atoms with Crippen molar-refractivity contribution in [3.63, 3.8) is 0 Å². The van der Waals surface area contributed by atoms with Crippen LogP contribution in [-0.2, 0) is 10.0 Å². The Morgan fingerprint density at radius 2 is 1.88 bits per heavy atom. The molecule has 2 aromatic rings. The van der Waals surface area contributed by atoms with Gasteiger partial charge in [-0.2, -0.15) is 4.31 Å². The molecule has 1 fully saturated rings. The van der Waals surface area contributed by atoms with Crippen molar-refractivity contribution in [2.75, 3.05) is 31.1 Å². The molecule has 0 saturated carbocycles. The van der Waals surface area contributed by atoms with Gasteiger partial charge in [0.1, 0.15) is 0 Å². The molecule has 2 heterocycles. The van der Waals surface area contributed by atoms with E-state index >= 15 is 0 Å². The highest BCUT2D eigenvalue weighted by Gasteiger charge is 2.34. The third-order valence-corrected chi connectivity index (χ3v) is 7.54. The van der Waals surface area contributed by atoms with E-state index in [1.54, 1.807) is 39.5 Å². The Balaban J connectivity index is 1.82. The minimum Gasteiger partial charge on any atom is -0.330 e. The summed E-state index contributed by atoms with van der Waals surface area (Å²) >= 11 is 0. The third kappa shape index (κ3) is 2.46. The van der Waals surface area contributed by atoms with Gasteiger partial charge < -0.3 is 10.6 Å². The molecule has 7 heteroatoms. The number of carbonyl (C=O) groups excluding carboxylic acids is 1. The molecule has 4 rings (SSSR count). The van der Waals surface area contributed by atoms with Crippen LogP contribution in [0.25, 0.3) is 10.8 Å². The largest absolute Gasteiger partial charge is 0.330 e. The van der Waals surface area contributed by atoms with E-state index in [1.807, 2.05) is 6.92 Å². The lowest BCUT2D eigenvalue weighted by atomic mass is 9.99. The normalized spacial score (nSPS) is 18.8. The fourth-order valence-corrected chi connectivity index (χ4v) is 5.74. The molecule has 2 N–H and O–H groups in total. The predicted octanol–water partition coefficient (Wildman–Crippen LogP) is 2.18. The zero-order valence-electron chi connectivity index (χ0n) is 14.8. The maximum atomic E-state index is 13.3. The van der Waals surface area contributed by atoms with Crippen LogP contribution in [0, 0.1) is 5.92 Å². The van der Waals surface area contributed by atoms with Crippen molar-refractivity contribution in [2.45, 2.75) is 24.7 Å². The number of carbonyl (C=O) groups is 1. The zero-order chi connectivity index (χ0) is 18.5. The van der Waals surface area contributed by atoms with Crippen LogP contribution < -0.4 is 10.6 Å². The summed E-state index contributed by atoms with van der Waals surface area (Å²) in [6.07, 6.45) is 1.58. The first-order valence-corrected chi connectivity index (χ1v) is 10.5. The van der Waals surface area contributed by atoms with Crippen LogP contribution >= 0.6 is 0 Å². The molecule has 138 valence electrons. The van der Waals surface area contributed by atoms with E-state index < -0.39 is 10.0 Å². The van der Waals surface area contributed by atoms with E-state index in [-0.39, 0.29) is 10.8 Å². The van der Waals surface area contributed by atoms with Crippen LogP contribution in [0.4, 0.5) is 5.69 Å². The molecular weight excluding hydrogens is 350 g/mol. The Morgan fingerprint density at radius 1 is 1.15 bits per heavy atom. The van der Waals surface area contributed by atoms with E-state index in [9.17, 15) is 13.2 Å². The number of hydrogen-bond donors (Lipinski definition) is 1. The topological polar surface area (TPSA) is 83.7 Å². The number of piperidine rings is 1. The summed E-state index contributed by atoms with van der Waals surface area (Å²) in [6, 6.07) is 8.74. The molecule has 0 unspecified atom stereocenters. The van der Waals surface area contributed by atoms with Crippen molar-refractivity contribution < 1.29 is 13.2 Å². The molecule has 0 aromatic heterocycles. The molecule has 0 atom stereocenters. The molecule has 0 aliphatic carbocycles. The van der Waals surface area contributed by atoms with Crippen molar-refractivity contribution in [2.24, 2.45) is 11.7 Å². The molecule has 1 saturated heterocycles. The van der Waals surface area contributed by atoms with Gasteiger partial charge in [-0.1, -0.05) is 12.1 Å². The molecule has 2 aromatic carbocycles. The van der Waals surface area contributed by atoms with Crippen molar-refractivity contribution in [3.05, 3.63) is 35.9 Å². The Morgan fingerprint density at radius 3 is 2.54 bits per heavy atom. The Labute approximate surface area is 153 Å². The van der Waals surface area contributed by atoms with Gasteiger partial charge in [0.05, 0.1) is 10.6 Å². The molecule has 0 radical (unpaired) electrons. The van der Waals surface area contributed by atoms with Crippen molar-refractivity contribution in [1.29, 1.82) is 0 Å². The quantitative estimate of drug-likeness (QED) is 0.890. The van der Waals surface area contributed by atoms with Crippen LogP contribution in [-0.4, -0.2) is 44.8 Å². The van der Waals surface area contributed by atoms with E-state index in [0.29, 0.717) is 43.0 Å². The van der Waals surface area contributed by atoms with Gasteiger partial charge in [0.2, 0.25) is 10.0 Å². The Kier molecular flexibility index (Phi) is 4.25. The smallest absolute Gasteiger partial charge is 0.258 e. The summed E-state index contributed by atoms with van der Waals surface area (Å²) in [5.74, 6) is 0.330. The average molecular weight is 373 g/mol. The van der Waals surface area contributed by atoms with E-state index in [4.69, 9.17) is 5.73 Å². The summed E-state index contributed by atoms with van der Waals surface area (Å²) in [4.78, 5) is 14.6. The number of anilines is 1. The second-order valence-corrected chi connectivity index (χ2v) is 8.85. The number of rotatable bonds is 4. The average Bonchev–Trinajstić information content (AvgIpc) is 2.95. The summed E-state index contributed by atoms with van der Waals surface area (Å²) in [5, 5.41) is 1.38. The van der Waals surface area contributed by atoms with Crippen molar-refractivity contribution in [3.8, 4) is 0 Å². The summed E-state index contributed by atoms with van der Waals surface area (Å²) in [5.41, 5.74) is 7.10. The number of nitrogens with two attached hydrogens (primary N) is 1. The highest BCUT2D eigenvalue weighted by molar-refractivity contribution is 7.89. The molecule has 26 heavy (non-hydrogen) atoms. The van der Waals surface area contributed by atoms with E-state index in [1.165, 1.54) is 0 Å². The SMILES string of the molecule is CCN1C(=O)c2cccc3c(S(=O)(=O)N4CCC(CN)CC4)ccc1c23. The van der Waals surface area contributed by atoms with Crippen LogP contribution in [0.15, 0.2) is 35.2 Å². The zero-order valence-corrected chi connectivity index (χ0v) is 15.6. The molecular formula is C19H23N3O3S. The van der Waals surface area contributed by atoms with Crippen LogP contribution in [0.2, 0.25) is 0 Å². The monoisotopic (exact) mass is 373 g/mol. The second-order valence-electron chi connectivity index (χ2n) is 6.94. The Bertz CT molecular complexity index is 979. The van der Waals surface area contributed by atoms with Crippen molar-refractivity contribution >= 4 is 32.4 Å². The number of benzene rings is 2. The second kappa shape index (κ2) is 6.33. The van der Waals surface area contributed by atoms with E-state index in [2.05, 4.69) is 0 Å². The minimum atomic E-state index is -3.61. The highest BCUT2D eigenvalue weighted by Crippen LogP contribution is 2.40. The molecule has 1 amide bonds. The minimum absolute atomic E-state index is 0.0635. The lowest BCUT2D eigenvalue weighted by Crippen LogP contribution is -2.40. The fraction of sp³-hybridized carbons (Fsp3) is 0.421. The van der Waals surface area contributed by atoms with Gasteiger partial charge >= 0.3 is 0 Å². The Hall–Kier alpha value is -1.96. The lowest BCUT2D eigenvalue weighted by Gasteiger charge is -2.31. The van der Waals surface area contributed by atoms with Gasteiger partial charge in [-0.15, -0.1) is 0 Å². The number of nitrogens with zero attached hydrogens (tertiary/aromatic N) is 2. The van der Waals surface area contributed by atoms with Gasteiger partial charge in [0.15, 0.2) is 0 Å². The highest BCUT2D eigenvalue weighted by atomic mass is 32.2. The van der Waals surface area contributed by atoms with Crippen LogP contribution in [0.1, 0.15) is 30.1 Å². The molecule has 2 aliphatic rings. The third-order valence-electron chi connectivity index (χ3n) is 5.59. The van der Waals surface area contributed by atoms with Gasteiger partial charge in [0.25, 0.3) is 5.91 Å². The first kappa shape index (κ1) is 17.5. The maximum absolute atomic E-state index is 13.3. The van der Waals surface area contributed by atoms with Gasteiger partial charge in [0, 0.05) is 36.0 Å². The first-order chi connectivity index (χ1) is 12.5. The predicted molar refractivity (Wildman–Crippen MR) is 102 cm³/mol. The van der Waals surface area contributed by atoms with Gasteiger partial charge in [-0.25, -0.2) is 8.42 Å². The van der Waals surface area contributed by atoms with Gasteiger partial charge in [-0.05, 0) is 50.4 Å². The lowest BCUT2D eigenvalue weighted by molar-refractivity contribution is 0.0994. The first-order valence-electron chi connectivity index (χ1n) is 9.06. The maximum Gasteiger partial charge on any atom is 0.258 e. The molecule has 0 bridgehead atoms. The number of sulfonamides is 1. The standard InChI is InChI=1S/C19H23N3O3S/c1-2-22-16-6-7-17(14-4-3-5-15(18(14)16)19(22)23)26(24,25)21-10-8-13(12-20)9-11-21/h3-7,13H,2,8-12,20H2,1H3. The van der Waals surface area contributed by atoms with Crippen LogP contribution in [0.5, 0.6) is 0 Å². The molecule has 6 nitrogen and oxygen atoms in total.